The highest BCUT2D eigenvalue weighted by molar-refractivity contribution is 9.10. The number of amides is 1. The first kappa shape index (κ1) is 13.2. The van der Waals surface area contributed by atoms with Crippen molar-refractivity contribution in [2.24, 2.45) is 5.92 Å². The molecule has 0 saturated heterocycles. The molecule has 0 heterocycles. The molecule has 0 unspecified atom stereocenters. The second-order valence-corrected chi connectivity index (χ2v) is 5.29. The van der Waals surface area contributed by atoms with Gasteiger partial charge in [0.15, 0.2) is 0 Å². The Bertz CT molecular complexity index is 363. The Labute approximate surface area is 106 Å². The van der Waals surface area contributed by atoms with E-state index in [-0.39, 0.29) is 5.91 Å². The number of rotatable bonds is 4. The van der Waals surface area contributed by atoms with Gasteiger partial charge in [-0.05, 0) is 17.5 Å². The van der Waals surface area contributed by atoms with E-state index in [1.807, 2.05) is 31.3 Å². The molecule has 3 heteroatoms. The van der Waals surface area contributed by atoms with E-state index in [1.54, 1.807) is 4.90 Å². The number of carbonyl (C=O) groups excluding carboxylic acids is 1. The van der Waals surface area contributed by atoms with Gasteiger partial charge in [-0.1, -0.05) is 48.0 Å². The molecule has 0 aliphatic rings. The first-order valence-electron chi connectivity index (χ1n) is 5.48. The Morgan fingerprint density at radius 2 is 2.00 bits per heavy atom. The molecular weight excluding hydrogens is 266 g/mol. The average molecular weight is 284 g/mol. The summed E-state index contributed by atoms with van der Waals surface area (Å²) in [5.41, 5.74) is 1.14. The molecule has 1 aromatic rings. The maximum atomic E-state index is 11.8. The Hall–Kier alpha value is -0.830. The van der Waals surface area contributed by atoms with Crippen LogP contribution in [0.5, 0.6) is 0 Å². The maximum Gasteiger partial charge on any atom is 0.222 e. The second kappa shape index (κ2) is 6.04. The van der Waals surface area contributed by atoms with Crippen LogP contribution in [-0.4, -0.2) is 17.9 Å². The molecule has 0 aliphatic heterocycles. The molecule has 1 rings (SSSR count). The van der Waals surface area contributed by atoms with E-state index in [9.17, 15) is 4.79 Å². The van der Waals surface area contributed by atoms with Crippen LogP contribution in [0.25, 0.3) is 0 Å². The summed E-state index contributed by atoms with van der Waals surface area (Å²) >= 11 is 3.49. The summed E-state index contributed by atoms with van der Waals surface area (Å²) in [5.74, 6) is 0.611. The molecule has 0 saturated carbocycles. The third kappa shape index (κ3) is 3.97. The Morgan fingerprint density at radius 3 is 2.56 bits per heavy atom. The minimum Gasteiger partial charge on any atom is -0.341 e. The summed E-state index contributed by atoms with van der Waals surface area (Å²) in [5, 5.41) is 0. The van der Waals surface area contributed by atoms with E-state index < -0.39 is 0 Å². The van der Waals surface area contributed by atoms with Crippen LogP contribution in [0.15, 0.2) is 28.7 Å². The first-order chi connectivity index (χ1) is 7.50. The molecule has 0 aromatic heterocycles. The van der Waals surface area contributed by atoms with Crippen LogP contribution < -0.4 is 0 Å². The van der Waals surface area contributed by atoms with E-state index >= 15 is 0 Å². The predicted octanol–water partition coefficient (Wildman–Crippen LogP) is 3.45. The van der Waals surface area contributed by atoms with Gasteiger partial charge in [0.2, 0.25) is 5.91 Å². The van der Waals surface area contributed by atoms with Gasteiger partial charge in [-0.3, -0.25) is 4.79 Å². The van der Waals surface area contributed by atoms with E-state index in [2.05, 4.69) is 29.8 Å². The summed E-state index contributed by atoms with van der Waals surface area (Å²) in [6, 6.07) is 7.99. The molecular formula is C13H18BrNO. The normalized spacial score (nSPS) is 10.6. The van der Waals surface area contributed by atoms with Gasteiger partial charge >= 0.3 is 0 Å². The van der Waals surface area contributed by atoms with Crippen molar-refractivity contribution in [1.29, 1.82) is 0 Å². The van der Waals surface area contributed by atoms with Gasteiger partial charge in [-0.2, -0.15) is 0 Å². The Kier molecular flexibility index (Phi) is 5.00. The van der Waals surface area contributed by atoms with E-state index in [0.29, 0.717) is 18.9 Å². The lowest BCUT2D eigenvalue weighted by atomic mass is 10.1. The van der Waals surface area contributed by atoms with Crippen molar-refractivity contribution in [3.63, 3.8) is 0 Å². The fourth-order valence-corrected chi connectivity index (χ4v) is 1.89. The number of benzene rings is 1. The predicted molar refractivity (Wildman–Crippen MR) is 70.1 cm³/mol. The fraction of sp³-hybridized carbons (Fsp3) is 0.462. The Morgan fingerprint density at radius 1 is 1.38 bits per heavy atom. The lowest BCUT2D eigenvalue weighted by Crippen LogP contribution is -2.27. The van der Waals surface area contributed by atoms with Gasteiger partial charge in [-0.25, -0.2) is 0 Å². The van der Waals surface area contributed by atoms with Crippen molar-refractivity contribution in [3.8, 4) is 0 Å². The molecule has 1 amide bonds. The summed E-state index contributed by atoms with van der Waals surface area (Å²) in [6.45, 7) is 4.78. The monoisotopic (exact) mass is 283 g/mol. The molecule has 16 heavy (non-hydrogen) atoms. The zero-order valence-electron chi connectivity index (χ0n) is 10.0. The highest BCUT2D eigenvalue weighted by Gasteiger charge is 2.11. The average Bonchev–Trinajstić information content (AvgIpc) is 2.20. The molecule has 0 aliphatic carbocycles. The lowest BCUT2D eigenvalue weighted by Gasteiger charge is -2.19. The maximum absolute atomic E-state index is 11.8. The van der Waals surface area contributed by atoms with E-state index in [1.165, 1.54) is 0 Å². The van der Waals surface area contributed by atoms with Crippen molar-refractivity contribution in [2.75, 3.05) is 7.05 Å². The largest absolute Gasteiger partial charge is 0.341 e. The summed E-state index contributed by atoms with van der Waals surface area (Å²) < 4.78 is 1.05. The molecule has 0 atom stereocenters. The van der Waals surface area contributed by atoms with Crippen molar-refractivity contribution >= 4 is 21.8 Å². The zero-order chi connectivity index (χ0) is 12.1. The minimum absolute atomic E-state index is 0.200. The highest BCUT2D eigenvalue weighted by Crippen LogP contribution is 2.17. The van der Waals surface area contributed by atoms with Crippen molar-refractivity contribution in [1.82, 2.24) is 4.90 Å². The van der Waals surface area contributed by atoms with Crippen LogP contribution in [0.3, 0.4) is 0 Å². The SMILES string of the molecule is CC(C)CC(=O)N(C)Cc1ccccc1Br. The lowest BCUT2D eigenvalue weighted by molar-refractivity contribution is -0.131. The minimum atomic E-state index is 0.200. The van der Waals surface area contributed by atoms with E-state index in [4.69, 9.17) is 0 Å². The number of hydrogen-bond donors (Lipinski definition) is 0. The van der Waals surface area contributed by atoms with E-state index in [0.717, 1.165) is 10.0 Å². The molecule has 0 bridgehead atoms. The van der Waals surface area contributed by atoms with Gasteiger partial charge in [0, 0.05) is 24.5 Å². The Balaban J connectivity index is 2.61. The molecule has 0 N–H and O–H groups in total. The van der Waals surface area contributed by atoms with Crippen molar-refractivity contribution in [2.45, 2.75) is 26.8 Å². The fourth-order valence-electron chi connectivity index (χ4n) is 1.48. The molecule has 0 spiro atoms. The van der Waals surface area contributed by atoms with Crippen LogP contribution in [-0.2, 0) is 11.3 Å². The molecule has 0 radical (unpaired) electrons. The topological polar surface area (TPSA) is 20.3 Å². The molecule has 1 aromatic carbocycles. The second-order valence-electron chi connectivity index (χ2n) is 4.44. The van der Waals surface area contributed by atoms with Crippen LogP contribution >= 0.6 is 15.9 Å². The van der Waals surface area contributed by atoms with Crippen LogP contribution in [0.2, 0.25) is 0 Å². The number of halogens is 1. The summed E-state index contributed by atoms with van der Waals surface area (Å²) in [7, 11) is 1.85. The van der Waals surface area contributed by atoms with Gasteiger partial charge < -0.3 is 4.90 Å². The molecule has 2 nitrogen and oxygen atoms in total. The zero-order valence-corrected chi connectivity index (χ0v) is 11.6. The smallest absolute Gasteiger partial charge is 0.222 e. The highest BCUT2D eigenvalue weighted by atomic mass is 79.9. The first-order valence-corrected chi connectivity index (χ1v) is 6.27. The van der Waals surface area contributed by atoms with Crippen LogP contribution in [0.1, 0.15) is 25.8 Å². The third-order valence-corrected chi connectivity index (χ3v) is 3.15. The van der Waals surface area contributed by atoms with Gasteiger partial charge in [0.05, 0.1) is 0 Å². The summed E-state index contributed by atoms with van der Waals surface area (Å²) in [6.07, 6.45) is 0.612. The van der Waals surface area contributed by atoms with Crippen molar-refractivity contribution in [3.05, 3.63) is 34.3 Å². The van der Waals surface area contributed by atoms with Gasteiger partial charge in [0.1, 0.15) is 0 Å². The molecule has 0 fully saturated rings. The van der Waals surface area contributed by atoms with Gasteiger partial charge in [-0.15, -0.1) is 0 Å². The number of hydrogen-bond acceptors (Lipinski definition) is 1. The van der Waals surface area contributed by atoms with Crippen molar-refractivity contribution < 1.29 is 4.79 Å². The number of nitrogens with zero attached hydrogens (tertiary/aromatic N) is 1. The number of carbonyl (C=O) groups is 1. The summed E-state index contributed by atoms with van der Waals surface area (Å²) in [4.78, 5) is 13.6. The van der Waals surface area contributed by atoms with Gasteiger partial charge in [0.25, 0.3) is 0 Å². The molecule has 88 valence electrons. The standard InChI is InChI=1S/C13H18BrNO/c1-10(2)8-13(16)15(3)9-11-6-4-5-7-12(11)14/h4-7,10H,8-9H2,1-3H3. The quantitative estimate of drug-likeness (QED) is 0.829. The third-order valence-electron chi connectivity index (χ3n) is 2.37. The van der Waals surface area contributed by atoms with Crippen LogP contribution in [0, 0.1) is 5.92 Å². The van der Waals surface area contributed by atoms with Crippen LogP contribution in [0.4, 0.5) is 0 Å².